The molecule has 0 bridgehead atoms. The molecular weight excluding hydrogens is 442 g/mol. The smallest absolute Gasteiger partial charge is 0.124 e. The van der Waals surface area contributed by atoms with Crippen LogP contribution in [0.15, 0.2) is 66.7 Å². The maximum Gasteiger partial charge on any atom is 0.124 e. The first kappa shape index (κ1) is 24.1. The second-order valence-corrected chi connectivity index (χ2v) is 9.51. The molecule has 1 aliphatic rings. The van der Waals surface area contributed by atoms with Crippen molar-refractivity contribution in [3.05, 3.63) is 106 Å². The quantitative estimate of drug-likeness (QED) is 0.447. The van der Waals surface area contributed by atoms with Gasteiger partial charge in [0.1, 0.15) is 11.5 Å². The summed E-state index contributed by atoms with van der Waals surface area (Å²) in [5.41, 5.74) is 2.03. The van der Waals surface area contributed by atoms with Gasteiger partial charge in [0.15, 0.2) is 0 Å². The molecule has 174 valence electrons. The fraction of sp³-hybridized carbons (Fsp3) is 0.276. The van der Waals surface area contributed by atoms with E-state index in [0.717, 1.165) is 17.2 Å². The highest BCUT2D eigenvalue weighted by Gasteiger charge is 2.45. The third-order valence-corrected chi connectivity index (χ3v) is 6.61. The maximum absolute atomic E-state index is 15.4. The molecule has 1 heterocycles. The van der Waals surface area contributed by atoms with Crippen LogP contribution >= 0.6 is 0 Å². The number of hydrogen-bond donors (Lipinski definition) is 0. The first-order valence-corrected chi connectivity index (χ1v) is 11.4. The fourth-order valence-electron chi connectivity index (χ4n) is 5.19. The van der Waals surface area contributed by atoms with Gasteiger partial charge in [-0.05, 0) is 78.9 Å². The molecule has 0 aromatic heterocycles. The number of rotatable bonds is 6. The zero-order valence-corrected chi connectivity index (χ0v) is 19.5. The van der Waals surface area contributed by atoms with Gasteiger partial charge in [0.2, 0.25) is 0 Å². The third kappa shape index (κ3) is 5.07. The number of nitrogens with zero attached hydrogens (tertiary/aromatic N) is 4. The lowest BCUT2D eigenvalue weighted by Gasteiger charge is -2.50. The molecule has 1 saturated heterocycles. The molecule has 1 aliphatic heterocycles. The van der Waals surface area contributed by atoms with E-state index in [4.69, 9.17) is 0 Å². The summed E-state index contributed by atoms with van der Waals surface area (Å²) in [6.07, 6.45) is 0. The van der Waals surface area contributed by atoms with Crippen LogP contribution in [-0.2, 0) is 0 Å². The summed E-state index contributed by atoms with van der Waals surface area (Å²) in [6, 6.07) is 24.8. The molecule has 35 heavy (non-hydrogen) atoms. The minimum absolute atomic E-state index is 0.0941. The van der Waals surface area contributed by atoms with E-state index in [1.165, 1.54) is 19.9 Å². The van der Waals surface area contributed by atoms with Crippen LogP contribution in [0.1, 0.15) is 59.2 Å². The minimum atomic E-state index is -1.62. The second kappa shape index (κ2) is 9.67. The molecule has 4 rings (SSSR count). The summed E-state index contributed by atoms with van der Waals surface area (Å²) < 4.78 is 29.6. The Morgan fingerprint density at radius 1 is 0.800 bits per heavy atom. The van der Waals surface area contributed by atoms with Crippen LogP contribution in [0, 0.1) is 45.7 Å². The average Bonchev–Trinajstić information content (AvgIpc) is 2.81. The standard InChI is InChI=1S/C29H24F2N4/c1-29(2,31)27(24-11-21(16-34)12-26(30)13-24)25-17-35(18-25)28(22-8-6-19(14-32)7-9-22)23-5-3-4-20(10-23)15-33/h3-13,25,27-28H,17-18H2,1-2H3. The summed E-state index contributed by atoms with van der Waals surface area (Å²) in [4.78, 5) is 2.20. The SMILES string of the molecule is CC(C)(F)C(c1cc(F)cc(C#N)c1)C1CN(C(c2ccc(C#N)cc2)c2cccc(C#N)c2)C1. The molecule has 4 nitrogen and oxygen atoms in total. The molecular formula is C29H24F2N4. The molecule has 0 spiro atoms. The van der Waals surface area contributed by atoms with Gasteiger partial charge in [-0.1, -0.05) is 24.3 Å². The normalized spacial score (nSPS) is 15.8. The topological polar surface area (TPSA) is 74.6 Å². The Morgan fingerprint density at radius 2 is 1.43 bits per heavy atom. The third-order valence-electron chi connectivity index (χ3n) is 6.61. The van der Waals surface area contributed by atoms with Gasteiger partial charge in [0.25, 0.3) is 0 Å². The van der Waals surface area contributed by atoms with Crippen molar-refractivity contribution in [2.75, 3.05) is 13.1 Å². The van der Waals surface area contributed by atoms with Crippen LogP contribution in [0.4, 0.5) is 8.78 Å². The average molecular weight is 467 g/mol. The van der Waals surface area contributed by atoms with Crippen LogP contribution in [0.3, 0.4) is 0 Å². The monoisotopic (exact) mass is 466 g/mol. The van der Waals surface area contributed by atoms with Crippen molar-refractivity contribution in [2.45, 2.75) is 31.5 Å². The molecule has 3 aromatic rings. The van der Waals surface area contributed by atoms with E-state index in [0.29, 0.717) is 29.8 Å². The van der Waals surface area contributed by atoms with Gasteiger partial charge in [0, 0.05) is 19.0 Å². The number of hydrogen-bond acceptors (Lipinski definition) is 4. The van der Waals surface area contributed by atoms with Crippen molar-refractivity contribution < 1.29 is 8.78 Å². The zero-order valence-electron chi connectivity index (χ0n) is 19.5. The Kier molecular flexibility index (Phi) is 6.65. The Morgan fingerprint density at radius 3 is 2.03 bits per heavy atom. The maximum atomic E-state index is 15.4. The van der Waals surface area contributed by atoms with E-state index < -0.39 is 17.4 Å². The van der Waals surface area contributed by atoms with Crippen molar-refractivity contribution in [3.63, 3.8) is 0 Å². The van der Waals surface area contributed by atoms with Crippen LogP contribution < -0.4 is 0 Å². The van der Waals surface area contributed by atoms with E-state index in [1.54, 1.807) is 24.3 Å². The highest BCUT2D eigenvalue weighted by molar-refractivity contribution is 5.42. The van der Waals surface area contributed by atoms with Crippen molar-refractivity contribution in [3.8, 4) is 18.2 Å². The molecule has 0 amide bonds. The largest absolute Gasteiger partial charge is 0.292 e. The van der Waals surface area contributed by atoms with E-state index >= 15 is 4.39 Å². The first-order chi connectivity index (χ1) is 16.7. The van der Waals surface area contributed by atoms with E-state index in [2.05, 4.69) is 17.0 Å². The minimum Gasteiger partial charge on any atom is -0.292 e. The van der Waals surface area contributed by atoms with E-state index in [9.17, 15) is 20.2 Å². The van der Waals surface area contributed by atoms with Gasteiger partial charge in [-0.25, -0.2) is 8.78 Å². The number of halogens is 2. The number of alkyl halides is 1. The van der Waals surface area contributed by atoms with Gasteiger partial charge >= 0.3 is 0 Å². The van der Waals surface area contributed by atoms with Crippen molar-refractivity contribution >= 4 is 0 Å². The lowest BCUT2D eigenvalue weighted by molar-refractivity contribution is 0.00812. The molecule has 0 aliphatic carbocycles. The summed E-state index contributed by atoms with van der Waals surface area (Å²) in [6.45, 7) is 4.09. The summed E-state index contributed by atoms with van der Waals surface area (Å²) in [5.74, 6) is -1.23. The van der Waals surface area contributed by atoms with Crippen LogP contribution in [0.2, 0.25) is 0 Å². The predicted molar refractivity (Wildman–Crippen MR) is 128 cm³/mol. The molecule has 2 atom stereocenters. The second-order valence-electron chi connectivity index (χ2n) is 9.51. The lowest BCUT2D eigenvalue weighted by atomic mass is 9.72. The Balaban J connectivity index is 1.67. The Bertz CT molecular complexity index is 1350. The van der Waals surface area contributed by atoms with Gasteiger partial charge < -0.3 is 0 Å². The number of likely N-dealkylation sites (tertiary alicyclic amines) is 1. The van der Waals surface area contributed by atoms with Crippen molar-refractivity contribution in [2.24, 2.45) is 5.92 Å². The van der Waals surface area contributed by atoms with Crippen molar-refractivity contribution in [1.82, 2.24) is 4.90 Å². The van der Waals surface area contributed by atoms with Crippen LogP contribution in [-0.4, -0.2) is 23.7 Å². The molecule has 0 saturated carbocycles. The highest BCUT2D eigenvalue weighted by atomic mass is 19.1. The molecule has 6 heteroatoms. The molecule has 0 radical (unpaired) electrons. The summed E-state index contributed by atoms with van der Waals surface area (Å²) >= 11 is 0. The van der Waals surface area contributed by atoms with Gasteiger partial charge in [-0.3, -0.25) is 4.90 Å². The molecule has 0 N–H and O–H groups in total. The van der Waals surface area contributed by atoms with Crippen LogP contribution in [0.5, 0.6) is 0 Å². The van der Waals surface area contributed by atoms with Crippen LogP contribution in [0.25, 0.3) is 0 Å². The number of nitriles is 3. The molecule has 1 fully saturated rings. The van der Waals surface area contributed by atoms with Gasteiger partial charge in [-0.2, -0.15) is 15.8 Å². The summed E-state index contributed by atoms with van der Waals surface area (Å²) in [5, 5.41) is 27.8. The van der Waals surface area contributed by atoms with Crippen molar-refractivity contribution in [1.29, 1.82) is 15.8 Å². The molecule has 2 unspecified atom stereocenters. The fourth-order valence-corrected chi connectivity index (χ4v) is 5.19. The summed E-state index contributed by atoms with van der Waals surface area (Å²) in [7, 11) is 0. The lowest BCUT2D eigenvalue weighted by Crippen LogP contribution is -2.53. The first-order valence-electron chi connectivity index (χ1n) is 11.4. The number of benzene rings is 3. The Labute approximate surface area is 204 Å². The predicted octanol–water partition coefficient (Wildman–Crippen LogP) is 5.99. The van der Waals surface area contributed by atoms with Gasteiger partial charge in [0.05, 0.1) is 40.9 Å². The molecule has 3 aromatic carbocycles. The van der Waals surface area contributed by atoms with E-state index in [1.807, 2.05) is 36.4 Å². The van der Waals surface area contributed by atoms with E-state index in [-0.39, 0.29) is 17.5 Å². The van der Waals surface area contributed by atoms with Gasteiger partial charge in [-0.15, -0.1) is 0 Å². The Hall–Kier alpha value is -4.05. The zero-order chi connectivity index (χ0) is 25.2. The highest BCUT2D eigenvalue weighted by Crippen LogP contribution is 2.45.